The molecule has 1 amide bonds. The van der Waals surface area contributed by atoms with Crippen LogP contribution in [-0.2, 0) is 4.79 Å². The van der Waals surface area contributed by atoms with Gasteiger partial charge in [0.05, 0.1) is 0 Å². The standard InChI is InChI=1S/C16H21NO/c1-13-7-5-6-10-15(13)17-16(18)12-11-14-8-3-2-4-9-14/h2-4,8-9,11-13,15H,5-7,10H2,1H3,(H,17,18)/b12-11+/t13-,15+/m1/s1. The van der Waals surface area contributed by atoms with E-state index in [1.807, 2.05) is 36.4 Å². The molecule has 1 aromatic carbocycles. The van der Waals surface area contributed by atoms with E-state index in [1.54, 1.807) is 6.08 Å². The van der Waals surface area contributed by atoms with Crippen LogP contribution in [0.2, 0.25) is 0 Å². The summed E-state index contributed by atoms with van der Waals surface area (Å²) in [4.78, 5) is 11.8. The molecule has 1 N–H and O–H groups in total. The smallest absolute Gasteiger partial charge is 0.244 e. The highest BCUT2D eigenvalue weighted by atomic mass is 16.1. The van der Waals surface area contributed by atoms with Crippen molar-refractivity contribution in [1.29, 1.82) is 0 Å². The Labute approximate surface area is 109 Å². The number of carbonyl (C=O) groups is 1. The lowest BCUT2D eigenvalue weighted by molar-refractivity contribution is -0.117. The lowest BCUT2D eigenvalue weighted by Crippen LogP contribution is -2.40. The molecule has 2 heteroatoms. The van der Waals surface area contributed by atoms with E-state index in [0.29, 0.717) is 12.0 Å². The molecule has 0 aromatic heterocycles. The number of hydrogen-bond donors (Lipinski definition) is 1. The maximum absolute atomic E-state index is 11.8. The normalized spacial score (nSPS) is 24.1. The molecule has 1 saturated carbocycles. The Kier molecular flexibility index (Phi) is 4.57. The molecule has 1 fully saturated rings. The molecule has 0 radical (unpaired) electrons. The summed E-state index contributed by atoms with van der Waals surface area (Å²) in [5.74, 6) is 0.630. The predicted molar refractivity (Wildman–Crippen MR) is 75.0 cm³/mol. The average Bonchev–Trinajstić information content (AvgIpc) is 2.40. The van der Waals surface area contributed by atoms with Crippen molar-refractivity contribution in [2.75, 3.05) is 0 Å². The van der Waals surface area contributed by atoms with Crippen molar-refractivity contribution in [2.45, 2.75) is 38.6 Å². The SMILES string of the molecule is C[C@@H]1CCCC[C@@H]1NC(=O)/C=C/c1ccccc1. The highest BCUT2D eigenvalue weighted by molar-refractivity contribution is 5.91. The van der Waals surface area contributed by atoms with Crippen LogP contribution in [0.5, 0.6) is 0 Å². The van der Waals surface area contributed by atoms with Gasteiger partial charge in [-0.1, -0.05) is 50.1 Å². The summed E-state index contributed by atoms with van der Waals surface area (Å²) in [5.41, 5.74) is 1.06. The Hall–Kier alpha value is -1.57. The summed E-state index contributed by atoms with van der Waals surface area (Å²) in [6, 6.07) is 10.3. The van der Waals surface area contributed by atoms with Crippen LogP contribution >= 0.6 is 0 Å². The topological polar surface area (TPSA) is 29.1 Å². The Morgan fingerprint density at radius 2 is 1.94 bits per heavy atom. The minimum absolute atomic E-state index is 0.0256. The Morgan fingerprint density at radius 1 is 1.22 bits per heavy atom. The van der Waals surface area contributed by atoms with E-state index in [4.69, 9.17) is 0 Å². The number of carbonyl (C=O) groups excluding carboxylic acids is 1. The first-order chi connectivity index (χ1) is 8.75. The molecule has 96 valence electrons. The van der Waals surface area contributed by atoms with Crippen LogP contribution in [0.15, 0.2) is 36.4 Å². The molecule has 0 heterocycles. The van der Waals surface area contributed by atoms with Crippen LogP contribution < -0.4 is 5.32 Å². The molecule has 0 unspecified atom stereocenters. The molecule has 0 saturated heterocycles. The van der Waals surface area contributed by atoms with Gasteiger partial charge in [0.15, 0.2) is 0 Å². The summed E-state index contributed by atoms with van der Waals surface area (Å²) in [7, 11) is 0. The van der Waals surface area contributed by atoms with Crippen LogP contribution in [0, 0.1) is 5.92 Å². The van der Waals surface area contributed by atoms with Crippen LogP contribution in [0.1, 0.15) is 38.2 Å². The van der Waals surface area contributed by atoms with Gasteiger partial charge < -0.3 is 5.32 Å². The summed E-state index contributed by atoms with van der Waals surface area (Å²) in [6.45, 7) is 2.23. The molecule has 1 aromatic rings. The van der Waals surface area contributed by atoms with Crippen molar-refractivity contribution in [2.24, 2.45) is 5.92 Å². The second-order valence-corrected chi connectivity index (χ2v) is 5.12. The van der Waals surface area contributed by atoms with Gasteiger partial charge in [0.25, 0.3) is 0 Å². The van der Waals surface area contributed by atoms with Gasteiger partial charge in [-0.25, -0.2) is 0 Å². The Bertz CT molecular complexity index is 410. The van der Waals surface area contributed by atoms with Gasteiger partial charge in [-0.2, -0.15) is 0 Å². The van der Waals surface area contributed by atoms with Crippen molar-refractivity contribution in [3.8, 4) is 0 Å². The van der Waals surface area contributed by atoms with Gasteiger partial charge in [0.1, 0.15) is 0 Å². The summed E-state index contributed by atoms with van der Waals surface area (Å²) < 4.78 is 0. The van der Waals surface area contributed by atoms with Gasteiger partial charge in [-0.05, 0) is 30.4 Å². The van der Waals surface area contributed by atoms with Crippen molar-refractivity contribution in [1.82, 2.24) is 5.32 Å². The molecule has 1 aliphatic carbocycles. The molecule has 0 spiro atoms. The third-order valence-corrected chi connectivity index (χ3v) is 3.67. The summed E-state index contributed by atoms with van der Waals surface area (Å²) in [6.07, 6.45) is 8.38. The maximum Gasteiger partial charge on any atom is 0.244 e. The highest BCUT2D eigenvalue weighted by Gasteiger charge is 2.21. The van der Waals surface area contributed by atoms with Gasteiger partial charge in [-0.3, -0.25) is 4.79 Å². The first-order valence-corrected chi connectivity index (χ1v) is 6.79. The summed E-state index contributed by atoms with van der Waals surface area (Å²) >= 11 is 0. The zero-order valence-electron chi connectivity index (χ0n) is 10.9. The zero-order chi connectivity index (χ0) is 12.8. The molecular weight excluding hydrogens is 222 g/mol. The fourth-order valence-corrected chi connectivity index (χ4v) is 2.50. The second kappa shape index (κ2) is 6.39. The van der Waals surface area contributed by atoms with Crippen LogP contribution in [0.25, 0.3) is 6.08 Å². The highest BCUT2D eigenvalue weighted by Crippen LogP contribution is 2.23. The lowest BCUT2D eigenvalue weighted by atomic mass is 9.86. The van der Waals surface area contributed by atoms with Crippen LogP contribution in [0.3, 0.4) is 0 Å². The molecule has 18 heavy (non-hydrogen) atoms. The number of benzene rings is 1. The number of rotatable bonds is 3. The van der Waals surface area contributed by atoms with Gasteiger partial charge >= 0.3 is 0 Å². The van der Waals surface area contributed by atoms with Gasteiger partial charge in [-0.15, -0.1) is 0 Å². The quantitative estimate of drug-likeness (QED) is 0.810. The average molecular weight is 243 g/mol. The largest absolute Gasteiger partial charge is 0.350 e. The van der Waals surface area contributed by atoms with E-state index in [1.165, 1.54) is 19.3 Å². The Morgan fingerprint density at radius 3 is 2.67 bits per heavy atom. The van der Waals surface area contributed by atoms with Crippen LogP contribution in [-0.4, -0.2) is 11.9 Å². The van der Waals surface area contributed by atoms with Gasteiger partial charge in [0.2, 0.25) is 5.91 Å². The van der Waals surface area contributed by atoms with Gasteiger partial charge in [0, 0.05) is 12.1 Å². The minimum atomic E-state index is 0.0256. The maximum atomic E-state index is 11.8. The number of nitrogens with one attached hydrogen (secondary N) is 1. The van der Waals surface area contributed by atoms with E-state index in [2.05, 4.69) is 12.2 Å². The monoisotopic (exact) mass is 243 g/mol. The molecule has 1 aliphatic rings. The molecule has 0 aliphatic heterocycles. The fourth-order valence-electron chi connectivity index (χ4n) is 2.50. The third kappa shape index (κ3) is 3.73. The van der Waals surface area contributed by atoms with Crippen molar-refractivity contribution >= 4 is 12.0 Å². The van der Waals surface area contributed by atoms with Crippen LogP contribution in [0.4, 0.5) is 0 Å². The molecule has 2 rings (SSSR count). The Balaban J connectivity index is 1.86. The summed E-state index contributed by atoms with van der Waals surface area (Å²) in [5, 5.41) is 3.11. The van der Waals surface area contributed by atoms with E-state index >= 15 is 0 Å². The lowest BCUT2D eigenvalue weighted by Gasteiger charge is -2.29. The zero-order valence-corrected chi connectivity index (χ0v) is 10.9. The fraction of sp³-hybridized carbons (Fsp3) is 0.438. The van der Waals surface area contributed by atoms with Crippen molar-refractivity contribution in [3.63, 3.8) is 0 Å². The third-order valence-electron chi connectivity index (χ3n) is 3.67. The van der Waals surface area contributed by atoms with Crippen molar-refractivity contribution < 1.29 is 4.79 Å². The van der Waals surface area contributed by atoms with E-state index in [9.17, 15) is 4.79 Å². The van der Waals surface area contributed by atoms with E-state index < -0.39 is 0 Å². The van der Waals surface area contributed by atoms with E-state index in [0.717, 1.165) is 12.0 Å². The van der Waals surface area contributed by atoms with Crippen molar-refractivity contribution in [3.05, 3.63) is 42.0 Å². The predicted octanol–water partition coefficient (Wildman–Crippen LogP) is 3.39. The minimum Gasteiger partial charge on any atom is -0.350 e. The number of hydrogen-bond acceptors (Lipinski definition) is 1. The number of amides is 1. The second-order valence-electron chi connectivity index (χ2n) is 5.12. The molecule has 2 atom stereocenters. The first kappa shape index (κ1) is 12.9. The molecule has 0 bridgehead atoms. The first-order valence-electron chi connectivity index (χ1n) is 6.79. The molecular formula is C16H21NO. The van der Waals surface area contributed by atoms with E-state index in [-0.39, 0.29) is 5.91 Å². The molecule has 2 nitrogen and oxygen atoms in total.